The standard InChI is InChI=1S/C10H19NO/c1-9(12)3-4-10-5-7-11(2)8-6-10/h10H,3-8H2,1-2H3. The third kappa shape index (κ3) is 3.35. The van der Waals surface area contributed by atoms with Crippen molar-refractivity contribution in [3.63, 3.8) is 0 Å². The molecular weight excluding hydrogens is 150 g/mol. The summed E-state index contributed by atoms with van der Waals surface area (Å²) in [6.45, 7) is 4.11. The number of rotatable bonds is 3. The molecule has 2 nitrogen and oxygen atoms in total. The van der Waals surface area contributed by atoms with Crippen molar-refractivity contribution in [2.45, 2.75) is 32.6 Å². The summed E-state index contributed by atoms with van der Waals surface area (Å²) in [7, 11) is 2.17. The van der Waals surface area contributed by atoms with Gasteiger partial charge in [-0.1, -0.05) is 0 Å². The van der Waals surface area contributed by atoms with E-state index in [0.29, 0.717) is 5.78 Å². The number of carbonyl (C=O) groups excluding carboxylic acids is 1. The van der Waals surface area contributed by atoms with Gasteiger partial charge >= 0.3 is 0 Å². The number of nitrogens with zero attached hydrogens (tertiary/aromatic N) is 1. The van der Waals surface area contributed by atoms with Gasteiger partial charge in [0.25, 0.3) is 0 Å². The molecule has 0 spiro atoms. The fraction of sp³-hybridized carbons (Fsp3) is 0.900. The third-order valence-electron chi connectivity index (χ3n) is 2.74. The summed E-state index contributed by atoms with van der Waals surface area (Å²) in [4.78, 5) is 13.1. The minimum Gasteiger partial charge on any atom is -0.306 e. The first-order valence-corrected chi connectivity index (χ1v) is 4.86. The van der Waals surface area contributed by atoms with Crippen LogP contribution in [0.5, 0.6) is 0 Å². The maximum atomic E-state index is 10.7. The molecule has 1 aliphatic heterocycles. The minimum absolute atomic E-state index is 0.342. The Bertz CT molecular complexity index is 148. The summed E-state index contributed by atoms with van der Waals surface area (Å²) in [6, 6.07) is 0. The van der Waals surface area contributed by atoms with Crippen LogP contribution >= 0.6 is 0 Å². The first-order chi connectivity index (χ1) is 5.68. The Kier molecular flexibility index (Phi) is 3.73. The number of piperidine rings is 1. The van der Waals surface area contributed by atoms with Crippen molar-refractivity contribution in [3.8, 4) is 0 Å². The molecule has 1 fully saturated rings. The molecule has 1 saturated heterocycles. The molecule has 0 saturated carbocycles. The van der Waals surface area contributed by atoms with Crippen molar-refractivity contribution in [1.82, 2.24) is 4.90 Å². The zero-order valence-corrected chi connectivity index (χ0v) is 8.18. The van der Waals surface area contributed by atoms with E-state index in [1.165, 1.54) is 25.9 Å². The van der Waals surface area contributed by atoms with Gasteiger partial charge in [0.1, 0.15) is 5.78 Å². The van der Waals surface area contributed by atoms with E-state index in [4.69, 9.17) is 0 Å². The second-order valence-corrected chi connectivity index (χ2v) is 3.99. The van der Waals surface area contributed by atoms with Gasteiger partial charge in [-0.2, -0.15) is 0 Å². The Hall–Kier alpha value is -0.370. The number of hydrogen-bond acceptors (Lipinski definition) is 2. The normalized spacial score (nSPS) is 21.2. The summed E-state index contributed by atoms with van der Waals surface area (Å²) >= 11 is 0. The summed E-state index contributed by atoms with van der Waals surface area (Å²) in [5.74, 6) is 1.15. The molecule has 0 unspecified atom stereocenters. The van der Waals surface area contributed by atoms with Gasteiger partial charge in [0.05, 0.1) is 0 Å². The van der Waals surface area contributed by atoms with Crippen LogP contribution in [0.4, 0.5) is 0 Å². The topological polar surface area (TPSA) is 20.3 Å². The highest BCUT2D eigenvalue weighted by Crippen LogP contribution is 2.20. The highest BCUT2D eigenvalue weighted by molar-refractivity contribution is 5.75. The van der Waals surface area contributed by atoms with Gasteiger partial charge in [-0.25, -0.2) is 0 Å². The molecule has 1 rings (SSSR count). The van der Waals surface area contributed by atoms with Crippen LogP contribution < -0.4 is 0 Å². The van der Waals surface area contributed by atoms with E-state index in [0.717, 1.165) is 18.8 Å². The van der Waals surface area contributed by atoms with Gasteiger partial charge < -0.3 is 9.69 Å². The molecule has 0 aliphatic carbocycles. The monoisotopic (exact) mass is 169 g/mol. The molecule has 0 aromatic rings. The maximum Gasteiger partial charge on any atom is 0.129 e. The van der Waals surface area contributed by atoms with Crippen LogP contribution in [-0.2, 0) is 4.79 Å². The lowest BCUT2D eigenvalue weighted by Gasteiger charge is -2.28. The summed E-state index contributed by atoms with van der Waals surface area (Å²) in [6.07, 6.45) is 4.46. The van der Waals surface area contributed by atoms with Crippen LogP contribution in [0, 0.1) is 5.92 Å². The molecule has 0 N–H and O–H groups in total. The molecule has 70 valence electrons. The molecule has 0 amide bonds. The molecular formula is C10H19NO. The molecule has 1 aliphatic rings. The van der Waals surface area contributed by atoms with Crippen LogP contribution in [0.3, 0.4) is 0 Å². The second-order valence-electron chi connectivity index (χ2n) is 3.99. The van der Waals surface area contributed by atoms with Gasteiger partial charge in [0.2, 0.25) is 0 Å². The van der Waals surface area contributed by atoms with E-state index in [9.17, 15) is 4.79 Å². The Morgan fingerprint density at radius 3 is 2.50 bits per heavy atom. The Morgan fingerprint density at radius 1 is 1.42 bits per heavy atom. The lowest BCUT2D eigenvalue weighted by Crippen LogP contribution is -2.30. The zero-order chi connectivity index (χ0) is 8.97. The first-order valence-electron chi connectivity index (χ1n) is 4.86. The summed E-state index contributed by atoms with van der Waals surface area (Å²) < 4.78 is 0. The molecule has 0 aromatic heterocycles. The third-order valence-corrected chi connectivity index (χ3v) is 2.74. The van der Waals surface area contributed by atoms with Crippen LogP contribution in [0.25, 0.3) is 0 Å². The van der Waals surface area contributed by atoms with Gasteiger partial charge in [-0.3, -0.25) is 0 Å². The molecule has 12 heavy (non-hydrogen) atoms. The van der Waals surface area contributed by atoms with E-state index in [1.807, 2.05) is 0 Å². The number of likely N-dealkylation sites (tertiary alicyclic amines) is 1. The predicted octanol–water partition coefficient (Wildman–Crippen LogP) is 1.70. The summed E-state index contributed by atoms with van der Waals surface area (Å²) in [5.41, 5.74) is 0. The van der Waals surface area contributed by atoms with Crippen molar-refractivity contribution < 1.29 is 4.79 Å². The van der Waals surface area contributed by atoms with E-state index in [2.05, 4.69) is 11.9 Å². The lowest BCUT2D eigenvalue weighted by atomic mass is 9.92. The largest absolute Gasteiger partial charge is 0.306 e. The van der Waals surface area contributed by atoms with Gasteiger partial charge in [-0.15, -0.1) is 0 Å². The fourth-order valence-corrected chi connectivity index (χ4v) is 1.76. The van der Waals surface area contributed by atoms with E-state index in [-0.39, 0.29) is 0 Å². The van der Waals surface area contributed by atoms with Gasteiger partial charge in [0, 0.05) is 6.42 Å². The van der Waals surface area contributed by atoms with Crippen molar-refractivity contribution in [3.05, 3.63) is 0 Å². The van der Waals surface area contributed by atoms with E-state index < -0.39 is 0 Å². The SMILES string of the molecule is CC(=O)CCC1CCN(C)CC1. The lowest BCUT2D eigenvalue weighted by molar-refractivity contribution is -0.117. The van der Waals surface area contributed by atoms with Crippen LogP contribution in [0.2, 0.25) is 0 Å². The fourth-order valence-electron chi connectivity index (χ4n) is 1.76. The number of ketones is 1. The maximum absolute atomic E-state index is 10.7. The first kappa shape index (κ1) is 9.72. The molecule has 0 aromatic carbocycles. The smallest absolute Gasteiger partial charge is 0.129 e. The van der Waals surface area contributed by atoms with Gasteiger partial charge in [-0.05, 0) is 52.2 Å². The van der Waals surface area contributed by atoms with Crippen molar-refractivity contribution in [1.29, 1.82) is 0 Å². The number of Topliss-reactive ketones (excluding diaryl/α,β-unsaturated/α-hetero) is 1. The molecule has 1 heterocycles. The molecule has 2 heteroatoms. The Labute approximate surface area is 74.9 Å². The van der Waals surface area contributed by atoms with E-state index in [1.54, 1.807) is 6.92 Å². The van der Waals surface area contributed by atoms with Gasteiger partial charge in [0.15, 0.2) is 0 Å². The van der Waals surface area contributed by atoms with Crippen LogP contribution in [-0.4, -0.2) is 30.8 Å². The Balaban J connectivity index is 2.13. The molecule has 0 bridgehead atoms. The van der Waals surface area contributed by atoms with Crippen molar-refractivity contribution in [2.75, 3.05) is 20.1 Å². The average molecular weight is 169 g/mol. The van der Waals surface area contributed by atoms with Crippen molar-refractivity contribution >= 4 is 5.78 Å². The average Bonchev–Trinajstić information content (AvgIpc) is 2.03. The zero-order valence-electron chi connectivity index (χ0n) is 8.18. The van der Waals surface area contributed by atoms with E-state index >= 15 is 0 Å². The van der Waals surface area contributed by atoms with Crippen LogP contribution in [0.15, 0.2) is 0 Å². The number of hydrogen-bond donors (Lipinski definition) is 0. The quantitative estimate of drug-likeness (QED) is 0.641. The highest BCUT2D eigenvalue weighted by atomic mass is 16.1. The summed E-state index contributed by atoms with van der Waals surface area (Å²) in [5, 5.41) is 0. The Morgan fingerprint density at radius 2 is 2.00 bits per heavy atom. The second kappa shape index (κ2) is 4.61. The van der Waals surface area contributed by atoms with Crippen molar-refractivity contribution in [2.24, 2.45) is 5.92 Å². The molecule has 0 radical (unpaired) electrons. The highest BCUT2D eigenvalue weighted by Gasteiger charge is 2.16. The minimum atomic E-state index is 0.342. The predicted molar refractivity (Wildman–Crippen MR) is 50.1 cm³/mol. The molecule has 0 atom stereocenters. The number of carbonyl (C=O) groups is 1. The van der Waals surface area contributed by atoms with Crippen LogP contribution in [0.1, 0.15) is 32.6 Å².